The van der Waals surface area contributed by atoms with Crippen molar-refractivity contribution in [3.8, 4) is 0 Å². The summed E-state index contributed by atoms with van der Waals surface area (Å²) in [6, 6.07) is 0. The van der Waals surface area contributed by atoms with Gasteiger partial charge in [0.15, 0.2) is 6.10 Å². The summed E-state index contributed by atoms with van der Waals surface area (Å²) in [7, 11) is 1.30. The molecule has 1 unspecified atom stereocenters. The van der Waals surface area contributed by atoms with E-state index in [4.69, 9.17) is 4.74 Å². The van der Waals surface area contributed by atoms with Crippen LogP contribution in [0.2, 0.25) is 0 Å². The van der Waals surface area contributed by atoms with Crippen molar-refractivity contribution in [2.24, 2.45) is 0 Å². The van der Waals surface area contributed by atoms with E-state index in [0.717, 1.165) is 0 Å². The predicted molar refractivity (Wildman–Crippen MR) is 63.0 cm³/mol. The summed E-state index contributed by atoms with van der Waals surface area (Å²) in [4.78, 5) is 28.8. The highest BCUT2D eigenvalue weighted by Crippen LogP contribution is 2.08. The topological polar surface area (TPSA) is 86.6 Å². The van der Waals surface area contributed by atoms with Crippen LogP contribution in [0.3, 0.4) is 0 Å². The maximum absolute atomic E-state index is 12.0. The largest absolute Gasteiger partial charge is 0.467 e. The van der Waals surface area contributed by atoms with E-state index in [1.54, 1.807) is 15.9 Å². The van der Waals surface area contributed by atoms with E-state index in [1.807, 2.05) is 0 Å². The SMILES string of the molecule is COC(=O)C1CN(C(=O)CCn2cncn2)CCO1. The van der Waals surface area contributed by atoms with Crippen LogP contribution in [-0.2, 0) is 25.6 Å². The van der Waals surface area contributed by atoms with Gasteiger partial charge in [0, 0.05) is 13.0 Å². The number of esters is 1. The molecule has 1 aromatic heterocycles. The Balaban J connectivity index is 1.83. The molecule has 1 aliphatic rings. The number of aromatic nitrogens is 3. The fourth-order valence-electron chi connectivity index (χ4n) is 1.87. The Morgan fingerprint density at radius 1 is 1.53 bits per heavy atom. The van der Waals surface area contributed by atoms with Gasteiger partial charge in [0.1, 0.15) is 12.7 Å². The van der Waals surface area contributed by atoms with Crippen molar-refractivity contribution in [2.45, 2.75) is 19.1 Å². The second kappa shape index (κ2) is 6.28. The molecule has 0 radical (unpaired) electrons. The predicted octanol–water partition coefficient (Wildman–Crippen LogP) is -0.931. The van der Waals surface area contributed by atoms with Crippen molar-refractivity contribution in [2.75, 3.05) is 26.8 Å². The van der Waals surface area contributed by atoms with Crippen LogP contribution in [0.4, 0.5) is 0 Å². The standard InChI is InChI=1S/C11H16N4O4/c1-18-11(17)9-6-14(4-5-19-9)10(16)2-3-15-8-12-7-13-15/h7-9H,2-6H2,1H3. The van der Waals surface area contributed by atoms with Gasteiger partial charge in [0.25, 0.3) is 0 Å². The number of methoxy groups -OCH3 is 1. The van der Waals surface area contributed by atoms with Gasteiger partial charge in [0.05, 0.1) is 26.8 Å². The Morgan fingerprint density at radius 3 is 3.05 bits per heavy atom. The van der Waals surface area contributed by atoms with Gasteiger partial charge in [-0.2, -0.15) is 5.10 Å². The number of morpholine rings is 1. The maximum atomic E-state index is 12.0. The summed E-state index contributed by atoms with van der Waals surface area (Å²) in [5.41, 5.74) is 0. The first-order valence-corrected chi connectivity index (χ1v) is 6.00. The highest BCUT2D eigenvalue weighted by Gasteiger charge is 2.29. The molecule has 1 fully saturated rings. The second-order valence-electron chi connectivity index (χ2n) is 4.13. The number of carbonyl (C=O) groups is 2. The Hall–Kier alpha value is -1.96. The third-order valence-electron chi connectivity index (χ3n) is 2.90. The molecular weight excluding hydrogens is 252 g/mol. The van der Waals surface area contributed by atoms with Crippen LogP contribution in [0.15, 0.2) is 12.7 Å². The van der Waals surface area contributed by atoms with Gasteiger partial charge >= 0.3 is 5.97 Å². The highest BCUT2D eigenvalue weighted by atomic mass is 16.6. The van der Waals surface area contributed by atoms with Gasteiger partial charge in [-0.1, -0.05) is 0 Å². The molecule has 1 aliphatic heterocycles. The van der Waals surface area contributed by atoms with Crippen LogP contribution < -0.4 is 0 Å². The van der Waals surface area contributed by atoms with Crippen molar-refractivity contribution in [3.05, 3.63) is 12.7 Å². The van der Waals surface area contributed by atoms with Gasteiger partial charge in [0.2, 0.25) is 5.91 Å². The lowest BCUT2D eigenvalue weighted by molar-refractivity contribution is -0.162. The molecule has 1 saturated heterocycles. The smallest absolute Gasteiger partial charge is 0.336 e. The first-order chi connectivity index (χ1) is 9.20. The minimum atomic E-state index is -0.686. The van der Waals surface area contributed by atoms with Crippen LogP contribution in [0, 0.1) is 0 Å². The molecule has 0 N–H and O–H groups in total. The van der Waals surface area contributed by atoms with E-state index >= 15 is 0 Å². The van der Waals surface area contributed by atoms with Crippen LogP contribution in [0.5, 0.6) is 0 Å². The molecule has 0 bridgehead atoms. The molecule has 104 valence electrons. The van der Waals surface area contributed by atoms with Crippen molar-refractivity contribution in [3.63, 3.8) is 0 Å². The summed E-state index contributed by atoms with van der Waals surface area (Å²) in [6.45, 7) is 1.54. The Morgan fingerprint density at radius 2 is 2.37 bits per heavy atom. The molecule has 8 nitrogen and oxygen atoms in total. The van der Waals surface area contributed by atoms with Gasteiger partial charge in [-0.25, -0.2) is 9.78 Å². The summed E-state index contributed by atoms with van der Waals surface area (Å²) in [5.74, 6) is -0.485. The fourth-order valence-corrected chi connectivity index (χ4v) is 1.87. The lowest BCUT2D eigenvalue weighted by Crippen LogP contribution is -2.49. The van der Waals surface area contributed by atoms with Crippen molar-refractivity contribution < 1.29 is 19.1 Å². The number of carbonyl (C=O) groups excluding carboxylic acids is 2. The Labute approximate surface area is 110 Å². The molecule has 1 aromatic rings. The molecule has 2 rings (SSSR count). The number of rotatable bonds is 4. The van der Waals surface area contributed by atoms with E-state index in [2.05, 4.69) is 14.8 Å². The van der Waals surface area contributed by atoms with Crippen molar-refractivity contribution in [1.29, 1.82) is 0 Å². The maximum Gasteiger partial charge on any atom is 0.336 e. The fraction of sp³-hybridized carbons (Fsp3) is 0.636. The van der Waals surface area contributed by atoms with Crippen molar-refractivity contribution >= 4 is 11.9 Å². The highest BCUT2D eigenvalue weighted by molar-refractivity contribution is 5.79. The van der Waals surface area contributed by atoms with Crippen molar-refractivity contribution in [1.82, 2.24) is 19.7 Å². The Kier molecular flexibility index (Phi) is 4.45. The van der Waals surface area contributed by atoms with E-state index < -0.39 is 12.1 Å². The van der Waals surface area contributed by atoms with Crippen LogP contribution >= 0.6 is 0 Å². The molecule has 0 saturated carbocycles. The quantitative estimate of drug-likeness (QED) is 0.656. The van der Waals surface area contributed by atoms with Crippen LogP contribution in [-0.4, -0.2) is 64.5 Å². The van der Waals surface area contributed by atoms with Gasteiger partial charge in [-0.05, 0) is 0 Å². The molecule has 2 heterocycles. The van der Waals surface area contributed by atoms with E-state index in [9.17, 15) is 9.59 Å². The summed E-state index contributed by atoms with van der Waals surface area (Å²) < 4.78 is 11.5. The average Bonchev–Trinajstić information content (AvgIpc) is 2.97. The molecule has 0 aliphatic carbocycles. The number of ether oxygens (including phenoxy) is 2. The molecule has 0 spiro atoms. The number of aryl methyl sites for hydroxylation is 1. The molecule has 0 aromatic carbocycles. The third-order valence-corrected chi connectivity index (χ3v) is 2.90. The van der Waals surface area contributed by atoms with Crippen LogP contribution in [0.1, 0.15) is 6.42 Å². The number of hydrogen-bond acceptors (Lipinski definition) is 6. The molecule has 19 heavy (non-hydrogen) atoms. The van der Waals surface area contributed by atoms with Gasteiger partial charge in [-0.15, -0.1) is 0 Å². The number of hydrogen-bond donors (Lipinski definition) is 0. The van der Waals surface area contributed by atoms with E-state index in [-0.39, 0.29) is 12.5 Å². The van der Waals surface area contributed by atoms with E-state index in [0.29, 0.717) is 26.1 Å². The third kappa shape index (κ3) is 3.50. The molecular formula is C11H16N4O4. The van der Waals surface area contributed by atoms with Crippen LogP contribution in [0.25, 0.3) is 0 Å². The summed E-state index contributed by atoms with van der Waals surface area (Å²) in [5, 5.41) is 3.93. The number of nitrogens with zero attached hydrogens (tertiary/aromatic N) is 4. The zero-order valence-corrected chi connectivity index (χ0v) is 10.7. The Bertz CT molecular complexity index is 434. The normalized spacial score (nSPS) is 19.2. The molecule has 1 amide bonds. The minimum Gasteiger partial charge on any atom is -0.467 e. The zero-order chi connectivity index (χ0) is 13.7. The number of amides is 1. The monoisotopic (exact) mass is 268 g/mol. The zero-order valence-electron chi connectivity index (χ0n) is 10.7. The summed E-state index contributed by atoms with van der Waals surface area (Å²) in [6.07, 6.45) is 2.61. The lowest BCUT2D eigenvalue weighted by Gasteiger charge is -2.31. The average molecular weight is 268 g/mol. The summed E-state index contributed by atoms with van der Waals surface area (Å²) >= 11 is 0. The van der Waals surface area contributed by atoms with Gasteiger partial charge < -0.3 is 14.4 Å². The molecule has 8 heteroatoms. The van der Waals surface area contributed by atoms with Gasteiger partial charge in [-0.3, -0.25) is 9.48 Å². The second-order valence-corrected chi connectivity index (χ2v) is 4.13. The molecule has 1 atom stereocenters. The first-order valence-electron chi connectivity index (χ1n) is 6.00. The van der Waals surface area contributed by atoms with E-state index in [1.165, 1.54) is 13.4 Å². The minimum absolute atomic E-state index is 0.0345. The lowest BCUT2D eigenvalue weighted by atomic mass is 10.2. The first kappa shape index (κ1) is 13.5.